The molecule has 0 amide bonds. The lowest BCUT2D eigenvalue weighted by atomic mass is 10.1. The van der Waals surface area contributed by atoms with E-state index in [1.165, 1.54) is 5.56 Å². The first kappa shape index (κ1) is 25.2. The number of ether oxygens (including phenoxy) is 1. The molecular formula is C18H27O8P2-3. The minimum atomic E-state index is -5.62. The van der Waals surface area contributed by atoms with E-state index in [0.29, 0.717) is 6.61 Å². The van der Waals surface area contributed by atoms with Gasteiger partial charge < -0.3 is 28.5 Å². The third kappa shape index (κ3) is 14.2. The first-order valence-corrected chi connectivity index (χ1v) is 12.1. The highest BCUT2D eigenvalue weighted by molar-refractivity contribution is 7.58. The molecule has 1 aromatic carbocycles. The maximum absolute atomic E-state index is 11.1. The number of rotatable bonds is 15. The van der Waals surface area contributed by atoms with Crippen LogP contribution in [0, 0.1) is 0 Å². The first-order valence-electron chi connectivity index (χ1n) is 9.14. The van der Waals surface area contributed by atoms with Gasteiger partial charge in [0.25, 0.3) is 7.82 Å². The summed E-state index contributed by atoms with van der Waals surface area (Å²) in [6.07, 6.45) is 7.14. The van der Waals surface area contributed by atoms with Crippen LogP contribution in [0.4, 0.5) is 0 Å². The van der Waals surface area contributed by atoms with Crippen molar-refractivity contribution in [2.45, 2.75) is 52.1 Å². The summed E-state index contributed by atoms with van der Waals surface area (Å²) in [5, 5.41) is 0. The zero-order valence-corrected chi connectivity index (χ0v) is 17.8. The average Bonchev–Trinajstić information content (AvgIpc) is 2.60. The van der Waals surface area contributed by atoms with Crippen molar-refractivity contribution < 1.29 is 37.4 Å². The Morgan fingerprint density at radius 2 is 1.68 bits per heavy atom. The fraction of sp³-hybridized carbons (Fsp3) is 0.556. The molecule has 0 aliphatic carbocycles. The van der Waals surface area contributed by atoms with Gasteiger partial charge in [-0.3, -0.25) is 8.88 Å². The molecule has 10 heteroatoms. The van der Waals surface area contributed by atoms with E-state index in [4.69, 9.17) is 4.74 Å². The molecule has 160 valence electrons. The normalized spacial score (nSPS) is 14.8. The monoisotopic (exact) mass is 433 g/mol. The Kier molecular flexibility index (Phi) is 12.1. The molecule has 0 aliphatic heterocycles. The highest BCUT2D eigenvalue weighted by atomic mass is 31.3. The molecule has 0 radical (unpaired) electrons. The first-order chi connectivity index (χ1) is 13.2. The van der Waals surface area contributed by atoms with E-state index >= 15 is 0 Å². The highest BCUT2D eigenvalue weighted by Crippen LogP contribution is 2.50. The van der Waals surface area contributed by atoms with Crippen LogP contribution >= 0.6 is 15.6 Å². The van der Waals surface area contributed by atoms with E-state index in [0.717, 1.165) is 44.3 Å². The van der Waals surface area contributed by atoms with Gasteiger partial charge in [-0.05, 0) is 38.2 Å². The number of phosphoric ester groups is 1. The van der Waals surface area contributed by atoms with Crippen LogP contribution in [0.15, 0.2) is 42.0 Å². The summed E-state index contributed by atoms with van der Waals surface area (Å²) in [4.78, 5) is 31.6. The van der Waals surface area contributed by atoms with Gasteiger partial charge in [0.15, 0.2) is 0 Å². The summed E-state index contributed by atoms with van der Waals surface area (Å²) in [6, 6.07) is 10.0. The Labute approximate surface area is 166 Å². The van der Waals surface area contributed by atoms with Gasteiger partial charge in [0, 0.05) is 6.61 Å². The van der Waals surface area contributed by atoms with Gasteiger partial charge in [-0.25, -0.2) is 0 Å². The molecule has 1 rings (SSSR count). The molecule has 1 aromatic rings. The molecule has 0 spiro atoms. The predicted molar refractivity (Wildman–Crippen MR) is 99.8 cm³/mol. The van der Waals surface area contributed by atoms with E-state index in [-0.39, 0.29) is 13.0 Å². The number of unbranched alkanes of at least 4 members (excludes halogenated alkanes) is 3. The van der Waals surface area contributed by atoms with Gasteiger partial charge in [0.05, 0.1) is 21.0 Å². The fourth-order valence-electron chi connectivity index (χ4n) is 2.44. The number of allylic oxidation sites excluding steroid dienone is 1. The van der Waals surface area contributed by atoms with Gasteiger partial charge in [-0.2, -0.15) is 0 Å². The number of hydrogen-bond donors (Lipinski definition) is 0. The van der Waals surface area contributed by atoms with E-state index in [1.54, 1.807) is 0 Å². The number of hydrogen-bond acceptors (Lipinski definition) is 8. The van der Waals surface area contributed by atoms with Crippen LogP contribution in [-0.2, 0) is 29.3 Å². The second-order valence-electron chi connectivity index (χ2n) is 6.35. The molecule has 0 saturated heterocycles. The van der Waals surface area contributed by atoms with Crippen molar-refractivity contribution in [3.63, 3.8) is 0 Å². The molecule has 1 atom stereocenters. The Morgan fingerprint density at radius 1 is 1.00 bits per heavy atom. The maximum Gasteiger partial charge on any atom is 0.271 e. The quantitative estimate of drug-likeness (QED) is 0.234. The Hall–Kier alpha value is -0.820. The van der Waals surface area contributed by atoms with Crippen molar-refractivity contribution in [3.05, 3.63) is 47.5 Å². The Bertz CT molecular complexity index is 671. The summed E-state index contributed by atoms with van der Waals surface area (Å²) in [5.41, 5.74) is 2.26. The van der Waals surface area contributed by atoms with E-state index in [9.17, 15) is 23.8 Å². The second-order valence-corrected chi connectivity index (χ2v) is 9.05. The van der Waals surface area contributed by atoms with Crippen molar-refractivity contribution >= 4 is 15.6 Å². The van der Waals surface area contributed by atoms with Crippen molar-refractivity contribution in [1.82, 2.24) is 0 Å². The standard InChI is InChI=1S/C18H30O8P2/c1-17(11-9-15-25-28(22,23)26-27(19,20)21)10-5-2-3-8-14-24-16-18-12-6-4-7-13-18/h4,6-7,11-13H,2-3,5,8-10,14-16H2,1H3,(H,22,23)(H2,19,20,21)/p-3/b17-11+. The van der Waals surface area contributed by atoms with Gasteiger partial charge in [-0.15, -0.1) is 0 Å². The molecule has 0 aliphatic rings. The largest absolute Gasteiger partial charge is 0.790 e. The van der Waals surface area contributed by atoms with Crippen LogP contribution in [0.5, 0.6) is 0 Å². The molecule has 28 heavy (non-hydrogen) atoms. The van der Waals surface area contributed by atoms with Gasteiger partial charge in [0.1, 0.15) is 0 Å². The average molecular weight is 433 g/mol. The zero-order valence-electron chi connectivity index (χ0n) is 16.0. The van der Waals surface area contributed by atoms with Gasteiger partial charge in [-0.1, -0.05) is 54.8 Å². The summed E-state index contributed by atoms with van der Waals surface area (Å²) in [7, 11) is -10.7. The molecule has 1 unspecified atom stereocenters. The minimum absolute atomic E-state index is 0.275. The van der Waals surface area contributed by atoms with Crippen LogP contribution in [0.1, 0.15) is 51.0 Å². The van der Waals surface area contributed by atoms with E-state index in [1.807, 2.05) is 43.3 Å². The van der Waals surface area contributed by atoms with Crippen molar-refractivity contribution in [1.29, 1.82) is 0 Å². The Morgan fingerprint density at radius 3 is 2.36 bits per heavy atom. The topological polar surface area (TPSA) is 131 Å². The molecule has 0 heterocycles. The molecule has 0 saturated carbocycles. The smallest absolute Gasteiger partial charge is 0.271 e. The third-order valence-corrected chi connectivity index (χ3v) is 5.88. The lowest BCUT2D eigenvalue weighted by molar-refractivity contribution is -0.339. The van der Waals surface area contributed by atoms with Crippen molar-refractivity contribution in [2.75, 3.05) is 13.2 Å². The summed E-state index contributed by atoms with van der Waals surface area (Å²) in [5.74, 6) is 0. The van der Waals surface area contributed by atoms with E-state index < -0.39 is 15.6 Å². The molecule has 8 nitrogen and oxygen atoms in total. The third-order valence-electron chi connectivity index (χ3n) is 3.78. The van der Waals surface area contributed by atoms with E-state index in [2.05, 4.69) is 8.83 Å². The molecular weight excluding hydrogens is 406 g/mol. The molecule has 0 bridgehead atoms. The second kappa shape index (κ2) is 13.4. The minimum Gasteiger partial charge on any atom is -0.790 e. The van der Waals surface area contributed by atoms with Crippen LogP contribution in [-0.4, -0.2) is 13.2 Å². The molecule has 0 N–H and O–H groups in total. The number of phosphoric acid groups is 2. The summed E-state index contributed by atoms with van der Waals surface area (Å²) in [6.45, 7) is 3.02. The summed E-state index contributed by atoms with van der Waals surface area (Å²) < 4.78 is 34.6. The Balaban J connectivity index is 2.01. The van der Waals surface area contributed by atoms with Gasteiger partial charge >= 0.3 is 0 Å². The van der Waals surface area contributed by atoms with Gasteiger partial charge in [0.2, 0.25) is 0 Å². The zero-order chi connectivity index (χ0) is 20.9. The molecule has 0 fully saturated rings. The van der Waals surface area contributed by atoms with Crippen molar-refractivity contribution in [3.8, 4) is 0 Å². The number of benzene rings is 1. The van der Waals surface area contributed by atoms with Crippen LogP contribution < -0.4 is 14.7 Å². The molecule has 0 aromatic heterocycles. The summed E-state index contributed by atoms with van der Waals surface area (Å²) >= 11 is 0. The van der Waals surface area contributed by atoms with Crippen LogP contribution in [0.2, 0.25) is 0 Å². The fourth-order valence-corrected chi connectivity index (χ4v) is 3.94. The lowest BCUT2D eigenvalue weighted by Crippen LogP contribution is -2.19. The van der Waals surface area contributed by atoms with Crippen LogP contribution in [0.25, 0.3) is 0 Å². The lowest BCUT2D eigenvalue weighted by Gasteiger charge is -2.34. The van der Waals surface area contributed by atoms with Crippen LogP contribution in [0.3, 0.4) is 0 Å². The predicted octanol–water partition coefficient (Wildman–Crippen LogP) is 2.82. The highest BCUT2D eigenvalue weighted by Gasteiger charge is 2.10. The SMILES string of the molecule is C/C(=C\CCOP(=O)([O-])OP(=O)([O-])[O-])CCCCCCOCc1ccccc1. The maximum atomic E-state index is 11.1. The van der Waals surface area contributed by atoms with Crippen molar-refractivity contribution in [2.24, 2.45) is 0 Å².